The Labute approximate surface area is 171 Å². The second-order valence-corrected chi connectivity index (χ2v) is 11.0. The number of benzene rings is 1. The average molecular weight is 389 g/mol. The van der Waals surface area contributed by atoms with Gasteiger partial charge in [0.1, 0.15) is 0 Å². The maximum atomic E-state index is 3.76. The van der Waals surface area contributed by atoms with Crippen molar-refractivity contribution in [1.82, 2.24) is 4.57 Å². The van der Waals surface area contributed by atoms with Crippen LogP contribution in [-0.4, -0.2) is 18.9 Å². The Morgan fingerprint density at radius 1 is 1.20 bits per heavy atom. The molecule has 0 amide bonds. The third kappa shape index (κ3) is 3.99. The molecule has 2 aromatic rings. The topological polar surface area (TPSA) is 17.0 Å². The summed E-state index contributed by atoms with van der Waals surface area (Å²) >= 11 is 0. The molecule has 1 heterocycles. The van der Waals surface area contributed by atoms with Crippen molar-refractivity contribution in [2.75, 3.05) is 5.32 Å². The van der Waals surface area contributed by atoms with Crippen LogP contribution in [0.5, 0.6) is 0 Å². The summed E-state index contributed by atoms with van der Waals surface area (Å²) in [7, 11) is 1.37. The third-order valence-corrected chi connectivity index (χ3v) is 6.70. The van der Waals surface area contributed by atoms with Crippen molar-refractivity contribution in [3.05, 3.63) is 56.1 Å². The molecule has 1 unspecified atom stereocenters. The Morgan fingerprint density at radius 3 is 2.32 bits per heavy atom. The summed E-state index contributed by atoms with van der Waals surface area (Å²) in [5.41, 5.74) is 9.17. The van der Waals surface area contributed by atoms with Gasteiger partial charge in [-0.05, 0) is 33.2 Å². The second-order valence-electron chi connectivity index (χ2n) is 7.89. The molecule has 135 valence electrons. The molecule has 25 heavy (non-hydrogen) atoms. The van der Waals surface area contributed by atoms with E-state index in [2.05, 4.69) is 82.0 Å². The first kappa shape index (κ1) is 24.2. The number of hydrogen-bond donors (Lipinski definition) is 1. The fraction of sp³-hybridized carbons (Fsp3) is 0.429. The summed E-state index contributed by atoms with van der Waals surface area (Å²) in [6, 6.07) is 9.81. The first-order valence-corrected chi connectivity index (χ1v) is 11.2. The molecule has 1 aliphatic rings. The standard InChI is InChI=1S/C19H27N2Si.2CH3.Ti/c1-12-16(20-19(2,3)4)15-13-10-8-9-11-14(13)18(22(6)7)17(15)21(12)5;;;/h8,10-11,18,20,22H,1-7H3;2*1H3;/q3*-1;+3. The van der Waals surface area contributed by atoms with Gasteiger partial charge < -0.3 is 24.7 Å². The van der Waals surface area contributed by atoms with Crippen molar-refractivity contribution in [3.63, 3.8) is 0 Å². The zero-order chi connectivity index (χ0) is 16.2. The van der Waals surface area contributed by atoms with E-state index in [0.717, 1.165) is 0 Å². The zero-order valence-corrected chi connectivity index (χ0v) is 20.1. The largest absolute Gasteiger partial charge is 3.00 e. The molecule has 0 spiro atoms. The fourth-order valence-electron chi connectivity index (χ4n) is 3.74. The number of fused-ring (bicyclic) bond motifs is 3. The van der Waals surface area contributed by atoms with Crippen LogP contribution in [0.1, 0.15) is 43.3 Å². The minimum absolute atomic E-state index is 0. The van der Waals surface area contributed by atoms with Crippen LogP contribution in [0.4, 0.5) is 5.69 Å². The van der Waals surface area contributed by atoms with Gasteiger partial charge in [-0.25, -0.2) is 0 Å². The van der Waals surface area contributed by atoms with Gasteiger partial charge in [-0.3, -0.25) is 0 Å². The van der Waals surface area contributed by atoms with Crippen LogP contribution in [0, 0.1) is 27.8 Å². The van der Waals surface area contributed by atoms with Gasteiger partial charge in [0.05, 0.1) is 5.69 Å². The normalized spacial score (nSPS) is 14.8. The predicted octanol–water partition coefficient (Wildman–Crippen LogP) is 5.38. The molecule has 0 saturated carbocycles. The van der Waals surface area contributed by atoms with Gasteiger partial charge in [0.15, 0.2) is 0 Å². The summed E-state index contributed by atoms with van der Waals surface area (Å²) in [6.45, 7) is 13.8. The maximum absolute atomic E-state index is 3.76. The van der Waals surface area contributed by atoms with E-state index in [1.54, 1.807) is 0 Å². The van der Waals surface area contributed by atoms with Crippen LogP contribution >= 0.6 is 0 Å². The van der Waals surface area contributed by atoms with Crippen molar-refractivity contribution in [3.8, 4) is 11.1 Å². The van der Waals surface area contributed by atoms with Crippen molar-refractivity contribution in [2.24, 2.45) is 7.05 Å². The van der Waals surface area contributed by atoms with E-state index in [4.69, 9.17) is 0 Å². The summed E-state index contributed by atoms with van der Waals surface area (Å²) in [6.07, 6.45) is 0. The predicted molar refractivity (Wildman–Crippen MR) is 111 cm³/mol. The molecule has 0 aliphatic heterocycles. The maximum Gasteiger partial charge on any atom is 3.00 e. The first-order chi connectivity index (χ1) is 10.2. The molecule has 1 atom stereocenters. The number of aromatic nitrogens is 1. The van der Waals surface area contributed by atoms with Crippen molar-refractivity contribution in [2.45, 2.75) is 51.9 Å². The van der Waals surface area contributed by atoms with E-state index >= 15 is 0 Å². The van der Waals surface area contributed by atoms with Crippen LogP contribution < -0.4 is 5.32 Å². The summed E-state index contributed by atoms with van der Waals surface area (Å²) in [4.78, 5) is 0. The van der Waals surface area contributed by atoms with Crippen molar-refractivity contribution >= 4 is 14.5 Å². The summed E-state index contributed by atoms with van der Waals surface area (Å²) < 4.78 is 2.42. The molecule has 1 N–H and O–H groups in total. The Hall–Kier alpha value is -0.769. The molecular formula is C21H33N2SiTi. The smallest absolute Gasteiger partial charge is 0.379 e. The van der Waals surface area contributed by atoms with E-state index in [1.807, 2.05) is 0 Å². The Bertz CT molecular complexity index is 726. The molecule has 0 fully saturated rings. The van der Waals surface area contributed by atoms with Gasteiger partial charge in [0.2, 0.25) is 0 Å². The second kappa shape index (κ2) is 8.28. The molecule has 1 aromatic heterocycles. The van der Waals surface area contributed by atoms with Gasteiger partial charge in [-0.2, -0.15) is 24.3 Å². The third-order valence-electron chi connectivity index (χ3n) is 4.69. The number of hydrogen-bond acceptors (Lipinski definition) is 1. The van der Waals surface area contributed by atoms with Crippen LogP contribution in [0.2, 0.25) is 13.1 Å². The van der Waals surface area contributed by atoms with Gasteiger partial charge >= 0.3 is 21.7 Å². The summed E-state index contributed by atoms with van der Waals surface area (Å²) in [5.74, 6) is 0. The van der Waals surface area contributed by atoms with E-state index in [-0.39, 0.29) is 42.1 Å². The molecule has 1 aliphatic carbocycles. The van der Waals surface area contributed by atoms with Crippen LogP contribution in [0.25, 0.3) is 11.1 Å². The SMILES string of the molecule is Cc1c(NC(C)(C)C)c2c(n1C)C([SiH](C)C)c1c[c-]ccc1-2.[CH3-].[CH3-].[Ti+3]. The fourth-order valence-corrected chi connectivity index (χ4v) is 5.76. The Kier molecular flexibility index (Phi) is 8.03. The van der Waals surface area contributed by atoms with E-state index in [1.165, 1.54) is 33.8 Å². The quantitative estimate of drug-likeness (QED) is 0.539. The van der Waals surface area contributed by atoms with Gasteiger partial charge in [0.25, 0.3) is 0 Å². The molecular weight excluding hydrogens is 356 g/mol. The van der Waals surface area contributed by atoms with E-state index < -0.39 is 8.80 Å². The van der Waals surface area contributed by atoms with E-state index in [0.29, 0.717) is 5.54 Å². The average Bonchev–Trinajstić information content (AvgIpc) is 2.87. The molecule has 3 rings (SSSR count). The van der Waals surface area contributed by atoms with Crippen LogP contribution in [-0.2, 0) is 28.8 Å². The molecule has 2 nitrogen and oxygen atoms in total. The minimum Gasteiger partial charge on any atom is -0.379 e. The molecule has 1 aromatic carbocycles. The van der Waals surface area contributed by atoms with Crippen LogP contribution in [0.3, 0.4) is 0 Å². The zero-order valence-electron chi connectivity index (χ0n) is 17.3. The number of nitrogens with one attached hydrogen (secondary N) is 1. The van der Waals surface area contributed by atoms with Gasteiger partial charge in [-0.15, -0.1) is 11.1 Å². The van der Waals surface area contributed by atoms with E-state index in [9.17, 15) is 0 Å². The molecule has 1 radical (unpaired) electrons. The monoisotopic (exact) mass is 389 g/mol. The summed E-state index contributed by atoms with van der Waals surface area (Å²) in [5, 5.41) is 3.76. The first-order valence-electron chi connectivity index (χ1n) is 8.20. The molecule has 0 bridgehead atoms. The number of anilines is 1. The Balaban J connectivity index is 0.00000192. The molecule has 0 saturated heterocycles. The van der Waals surface area contributed by atoms with Crippen LogP contribution in [0.15, 0.2) is 18.2 Å². The minimum atomic E-state index is -0.854. The van der Waals surface area contributed by atoms with Crippen molar-refractivity contribution < 1.29 is 21.7 Å². The molecule has 4 heteroatoms. The van der Waals surface area contributed by atoms with Crippen molar-refractivity contribution in [1.29, 1.82) is 0 Å². The Morgan fingerprint density at radius 2 is 1.80 bits per heavy atom. The van der Waals surface area contributed by atoms with Gasteiger partial charge in [-0.1, -0.05) is 13.1 Å². The van der Waals surface area contributed by atoms with Gasteiger partial charge in [0, 0.05) is 38.3 Å². The number of rotatable bonds is 2. The number of nitrogens with zero attached hydrogens (tertiary/aromatic N) is 1.